The molecule has 8 heteroatoms. The maximum absolute atomic E-state index is 13.0. The average Bonchev–Trinajstić information content (AvgIpc) is 3.10. The molecule has 2 aromatic heterocycles. The number of pyridine rings is 1. The first-order valence-corrected chi connectivity index (χ1v) is 9.54. The Hall–Kier alpha value is -2.45. The zero-order valence-electron chi connectivity index (χ0n) is 13.6. The van der Waals surface area contributed by atoms with Gasteiger partial charge in [0.1, 0.15) is 19.5 Å². The summed E-state index contributed by atoms with van der Waals surface area (Å²) >= 11 is 4.91. The first-order chi connectivity index (χ1) is 12.7. The number of hydrogen-bond donors (Lipinski definition) is 0. The number of benzene rings is 1. The molecular weight excluding hydrogens is 418 g/mol. The third kappa shape index (κ3) is 3.56. The molecule has 0 N–H and O–H groups in total. The van der Waals surface area contributed by atoms with Gasteiger partial charge in [0, 0.05) is 10.7 Å². The number of aromatic nitrogens is 2. The van der Waals surface area contributed by atoms with Gasteiger partial charge in [-0.25, -0.2) is 4.98 Å². The lowest BCUT2D eigenvalue weighted by molar-refractivity contribution is -0.120. The number of fused-ring (bicyclic) bond motifs is 1. The number of carbonyl (C=O) groups is 1. The molecule has 1 aromatic carbocycles. The summed E-state index contributed by atoms with van der Waals surface area (Å²) in [6.45, 7) is 1.08. The van der Waals surface area contributed by atoms with Crippen LogP contribution in [0.4, 0.5) is 5.13 Å². The number of nitrogens with zero attached hydrogens (tertiary/aromatic N) is 3. The molecule has 0 saturated carbocycles. The van der Waals surface area contributed by atoms with Gasteiger partial charge in [-0.2, -0.15) is 0 Å². The van der Waals surface area contributed by atoms with Crippen molar-refractivity contribution in [3.8, 4) is 0 Å². The Balaban J connectivity index is 1.73. The summed E-state index contributed by atoms with van der Waals surface area (Å²) in [5, 5.41) is 0.587. The van der Waals surface area contributed by atoms with Crippen LogP contribution in [0.1, 0.15) is 5.69 Å². The largest absolute Gasteiger partial charge is 0.494 e. The van der Waals surface area contributed by atoms with Crippen LogP contribution >= 0.6 is 27.3 Å². The van der Waals surface area contributed by atoms with Gasteiger partial charge in [-0.15, -0.1) is 0 Å². The van der Waals surface area contributed by atoms with Crippen LogP contribution in [-0.2, 0) is 20.8 Å². The molecule has 0 bridgehead atoms. The van der Waals surface area contributed by atoms with Gasteiger partial charge in [-0.05, 0) is 30.3 Å². The van der Waals surface area contributed by atoms with Crippen molar-refractivity contribution >= 4 is 48.5 Å². The summed E-state index contributed by atoms with van der Waals surface area (Å²) in [6.07, 6.45) is 3.06. The topological polar surface area (TPSA) is 64.6 Å². The fourth-order valence-electron chi connectivity index (χ4n) is 2.50. The second kappa shape index (κ2) is 7.43. The van der Waals surface area contributed by atoms with Gasteiger partial charge < -0.3 is 9.47 Å². The monoisotopic (exact) mass is 431 g/mol. The second-order valence-corrected chi connectivity index (χ2v) is 7.45. The molecule has 26 heavy (non-hydrogen) atoms. The maximum atomic E-state index is 13.0. The fourth-order valence-corrected chi connectivity index (χ4v) is 4.01. The van der Waals surface area contributed by atoms with E-state index in [4.69, 9.17) is 9.47 Å². The van der Waals surface area contributed by atoms with Crippen LogP contribution in [0.15, 0.2) is 59.1 Å². The SMILES string of the molecule is O=C(C1=COCCO1)N(Cc1ccccn1)c1nc2ccc(Br)cc2s1. The van der Waals surface area contributed by atoms with E-state index in [1.165, 1.54) is 17.6 Å². The Bertz CT molecular complexity index is 974. The Labute approximate surface area is 162 Å². The van der Waals surface area contributed by atoms with Gasteiger partial charge in [0.25, 0.3) is 5.91 Å². The number of rotatable bonds is 4. The minimum Gasteiger partial charge on any atom is -0.494 e. The first kappa shape index (κ1) is 17.0. The number of hydrogen-bond acceptors (Lipinski definition) is 6. The van der Waals surface area contributed by atoms with Gasteiger partial charge in [0.15, 0.2) is 5.13 Å². The molecule has 0 atom stereocenters. The zero-order chi connectivity index (χ0) is 17.9. The van der Waals surface area contributed by atoms with E-state index in [9.17, 15) is 4.79 Å². The van der Waals surface area contributed by atoms with Gasteiger partial charge in [-0.3, -0.25) is 14.7 Å². The van der Waals surface area contributed by atoms with E-state index in [1.807, 2.05) is 36.4 Å². The van der Waals surface area contributed by atoms with Crippen LogP contribution < -0.4 is 4.90 Å². The predicted octanol–water partition coefficient (Wildman–Crippen LogP) is 3.88. The number of carbonyl (C=O) groups excluding carboxylic acids is 1. The molecule has 0 aliphatic carbocycles. The van der Waals surface area contributed by atoms with Gasteiger partial charge >= 0.3 is 0 Å². The molecule has 0 unspecified atom stereocenters. The van der Waals surface area contributed by atoms with Crippen molar-refractivity contribution in [1.29, 1.82) is 0 Å². The third-order valence-electron chi connectivity index (χ3n) is 3.72. The Morgan fingerprint density at radius 1 is 1.27 bits per heavy atom. The minimum absolute atomic E-state index is 0.174. The van der Waals surface area contributed by atoms with E-state index in [2.05, 4.69) is 25.9 Å². The van der Waals surface area contributed by atoms with Gasteiger partial charge in [0.2, 0.25) is 5.76 Å². The standard InChI is InChI=1S/C18H14BrN3O3S/c19-12-4-5-14-16(9-12)26-18(21-14)22(10-13-3-1-2-6-20-13)17(23)15-11-24-7-8-25-15/h1-6,9,11H,7-8,10H2. The molecule has 3 aromatic rings. The second-order valence-electron chi connectivity index (χ2n) is 5.52. The van der Waals surface area contributed by atoms with Crippen molar-refractivity contribution in [2.24, 2.45) is 0 Å². The number of amides is 1. The Morgan fingerprint density at radius 2 is 2.19 bits per heavy atom. The number of anilines is 1. The molecule has 0 saturated heterocycles. The van der Waals surface area contributed by atoms with Gasteiger partial charge in [-0.1, -0.05) is 33.3 Å². The highest BCUT2D eigenvalue weighted by Gasteiger charge is 2.26. The van der Waals surface area contributed by atoms with E-state index in [0.29, 0.717) is 24.9 Å². The van der Waals surface area contributed by atoms with E-state index in [1.54, 1.807) is 11.1 Å². The number of ether oxygens (including phenoxy) is 2. The summed E-state index contributed by atoms with van der Waals surface area (Å²) in [6, 6.07) is 11.4. The first-order valence-electron chi connectivity index (χ1n) is 7.93. The van der Waals surface area contributed by atoms with Crippen LogP contribution in [0.2, 0.25) is 0 Å². The van der Waals surface area contributed by atoms with Crippen molar-refractivity contribution < 1.29 is 14.3 Å². The summed E-state index contributed by atoms with van der Waals surface area (Å²) in [7, 11) is 0. The molecule has 1 amide bonds. The zero-order valence-corrected chi connectivity index (χ0v) is 16.0. The smallest absolute Gasteiger partial charge is 0.298 e. The van der Waals surface area contributed by atoms with Crippen LogP contribution in [0.25, 0.3) is 10.2 Å². The van der Waals surface area contributed by atoms with Crippen molar-refractivity contribution in [1.82, 2.24) is 9.97 Å². The molecule has 6 nitrogen and oxygen atoms in total. The van der Waals surface area contributed by atoms with Crippen LogP contribution in [0.5, 0.6) is 0 Å². The minimum atomic E-state index is -0.298. The summed E-state index contributed by atoms with van der Waals surface area (Å²) in [5.74, 6) is -0.124. The van der Waals surface area contributed by atoms with Crippen LogP contribution in [-0.4, -0.2) is 29.1 Å². The molecule has 132 valence electrons. The number of thiazole rings is 1. The van der Waals surface area contributed by atoms with E-state index in [-0.39, 0.29) is 11.7 Å². The lowest BCUT2D eigenvalue weighted by Crippen LogP contribution is -2.34. The number of halogens is 1. The lowest BCUT2D eigenvalue weighted by atomic mass is 10.3. The van der Waals surface area contributed by atoms with Crippen LogP contribution in [0, 0.1) is 0 Å². The molecule has 0 fully saturated rings. The maximum Gasteiger partial charge on any atom is 0.298 e. The summed E-state index contributed by atoms with van der Waals surface area (Å²) in [5.41, 5.74) is 1.60. The molecule has 1 aliphatic rings. The van der Waals surface area contributed by atoms with E-state index < -0.39 is 0 Å². The highest BCUT2D eigenvalue weighted by molar-refractivity contribution is 9.10. The molecule has 3 heterocycles. The molecule has 1 aliphatic heterocycles. The molecule has 0 spiro atoms. The lowest BCUT2D eigenvalue weighted by Gasteiger charge is -2.22. The average molecular weight is 432 g/mol. The normalized spacial score (nSPS) is 13.7. The van der Waals surface area contributed by atoms with Gasteiger partial charge in [0.05, 0.1) is 22.5 Å². The van der Waals surface area contributed by atoms with Crippen molar-refractivity contribution in [3.63, 3.8) is 0 Å². The third-order valence-corrected chi connectivity index (χ3v) is 5.26. The van der Waals surface area contributed by atoms with Crippen molar-refractivity contribution in [2.45, 2.75) is 6.54 Å². The van der Waals surface area contributed by atoms with E-state index in [0.717, 1.165) is 20.4 Å². The molecular formula is C18H14BrN3O3S. The highest BCUT2D eigenvalue weighted by atomic mass is 79.9. The van der Waals surface area contributed by atoms with E-state index >= 15 is 0 Å². The quantitative estimate of drug-likeness (QED) is 0.626. The molecule has 0 radical (unpaired) electrons. The fraction of sp³-hybridized carbons (Fsp3) is 0.167. The highest BCUT2D eigenvalue weighted by Crippen LogP contribution is 2.32. The van der Waals surface area contributed by atoms with Crippen molar-refractivity contribution in [3.05, 3.63) is 64.8 Å². The Morgan fingerprint density at radius 3 is 2.96 bits per heavy atom. The molecule has 4 rings (SSSR count). The summed E-state index contributed by atoms with van der Waals surface area (Å²) < 4.78 is 12.7. The van der Waals surface area contributed by atoms with Crippen LogP contribution in [0.3, 0.4) is 0 Å². The van der Waals surface area contributed by atoms with Crippen molar-refractivity contribution in [2.75, 3.05) is 18.1 Å². The predicted molar refractivity (Wildman–Crippen MR) is 103 cm³/mol. The summed E-state index contributed by atoms with van der Waals surface area (Å²) in [4.78, 5) is 23.5. The Kier molecular flexibility index (Phi) is 4.85.